The third-order valence-corrected chi connectivity index (χ3v) is 8.00. The Morgan fingerprint density at radius 3 is 2.69 bits per heavy atom. The van der Waals surface area contributed by atoms with Crippen LogP contribution in [-0.4, -0.2) is 32.5 Å². The van der Waals surface area contributed by atoms with Gasteiger partial charge in [0.2, 0.25) is 0 Å². The maximum Gasteiger partial charge on any atom is 0.267 e. The second kappa shape index (κ2) is 10.1. The Balaban J connectivity index is 1.42. The van der Waals surface area contributed by atoms with E-state index in [1.54, 1.807) is 40.2 Å². The molecule has 0 radical (unpaired) electrons. The summed E-state index contributed by atoms with van der Waals surface area (Å²) in [6, 6.07) is 14.2. The van der Waals surface area contributed by atoms with E-state index >= 15 is 0 Å². The van der Waals surface area contributed by atoms with Gasteiger partial charge in [-0.25, -0.2) is 10.4 Å². The summed E-state index contributed by atoms with van der Waals surface area (Å²) in [6.45, 7) is 2.00. The van der Waals surface area contributed by atoms with Crippen molar-refractivity contribution in [1.29, 1.82) is 0 Å². The first-order chi connectivity index (χ1) is 17.0. The van der Waals surface area contributed by atoms with E-state index in [1.165, 1.54) is 22.9 Å². The number of thiophene rings is 1. The number of amides is 1. The van der Waals surface area contributed by atoms with Gasteiger partial charge >= 0.3 is 0 Å². The third kappa shape index (κ3) is 5.01. The highest BCUT2D eigenvalue weighted by Gasteiger charge is 2.23. The first-order valence-corrected chi connectivity index (χ1v) is 13.2. The SMILES string of the molecule is Cc1ccc(-n2c(SCC(=O)N/N=C/c3ccc(O)cc3)nc3sc4c(c3c2=O)CCCC4)cc1. The smallest absolute Gasteiger partial charge is 0.267 e. The average Bonchev–Trinajstić information content (AvgIpc) is 3.23. The van der Waals surface area contributed by atoms with Gasteiger partial charge in [-0.3, -0.25) is 14.2 Å². The lowest BCUT2D eigenvalue weighted by Crippen LogP contribution is -2.24. The molecule has 4 aromatic rings. The van der Waals surface area contributed by atoms with Gasteiger partial charge in [0.25, 0.3) is 11.5 Å². The zero-order chi connectivity index (χ0) is 24.4. The summed E-state index contributed by atoms with van der Waals surface area (Å²) >= 11 is 2.82. The number of hydrogen-bond donors (Lipinski definition) is 2. The minimum Gasteiger partial charge on any atom is -0.508 e. The fourth-order valence-electron chi connectivity index (χ4n) is 4.11. The van der Waals surface area contributed by atoms with Crippen LogP contribution in [0.5, 0.6) is 5.75 Å². The van der Waals surface area contributed by atoms with E-state index in [0.29, 0.717) is 5.16 Å². The number of rotatable bonds is 6. The number of aromatic hydroxyl groups is 1. The van der Waals surface area contributed by atoms with Gasteiger partial charge in [-0.05, 0) is 80.1 Å². The van der Waals surface area contributed by atoms with Crippen LogP contribution in [0.2, 0.25) is 0 Å². The average molecular weight is 505 g/mol. The van der Waals surface area contributed by atoms with Crippen LogP contribution in [0.1, 0.15) is 34.4 Å². The number of phenols is 1. The monoisotopic (exact) mass is 504 g/mol. The Kier molecular flexibility index (Phi) is 6.70. The van der Waals surface area contributed by atoms with Gasteiger partial charge in [0, 0.05) is 4.88 Å². The molecule has 2 aromatic heterocycles. The molecule has 0 bridgehead atoms. The number of carbonyl (C=O) groups excluding carboxylic acids is 1. The molecule has 0 spiro atoms. The van der Waals surface area contributed by atoms with Crippen molar-refractivity contribution in [3.8, 4) is 11.4 Å². The first-order valence-electron chi connectivity index (χ1n) is 11.4. The minimum atomic E-state index is -0.305. The van der Waals surface area contributed by atoms with Gasteiger partial charge < -0.3 is 5.11 Å². The molecule has 1 aliphatic rings. The van der Waals surface area contributed by atoms with Crippen molar-refractivity contribution in [3.05, 3.63) is 80.5 Å². The van der Waals surface area contributed by atoms with E-state index in [1.807, 2.05) is 31.2 Å². The highest BCUT2D eigenvalue weighted by atomic mass is 32.2. The molecule has 0 atom stereocenters. The predicted octanol–water partition coefficient (Wildman–Crippen LogP) is 4.58. The Hall–Kier alpha value is -3.43. The summed E-state index contributed by atoms with van der Waals surface area (Å²) in [6.07, 6.45) is 5.63. The molecule has 0 unspecified atom stereocenters. The lowest BCUT2D eigenvalue weighted by molar-refractivity contribution is -0.118. The number of aromatic nitrogens is 2. The van der Waals surface area contributed by atoms with Crippen molar-refractivity contribution in [3.63, 3.8) is 0 Å². The number of hydrogen-bond acceptors (Lipinski definition) is 7. The van der Waals surface area contributed by atoms with Crippen molar-refractivity contribution in [1.82, 2.24) is 15.0 Å². The second-order valence-electron chi connectivity index (χ2n) is 8.43. The van der Waals surface area contributed by atoms with Gasteiger partial charge in [-0.15, -0.1) is 11.3 Å². The molecule has 0 saturated carbocycles. The zero-order valence-corrected chi connectivity index (χ0v) is 20.8. The largest absolute Gasteiger partial charge is 0.508 e. The quantitative estimate of drug-likeness (QED) is 0.173. The number of nitrogens with one attached hydrogen (secondary N) is 1. The third-order valence-electron chi connectivity index (χ3n) is 5.88. The number of fused-ring (bicyclic) bond motifs is 3. The van der Waals surface area contributed by atoms with Gasteiger partial charge in [-0.1, -0.05) is 29.5 Å². The molecule has 2 N–H and O–H groups in total. The molecule has 35 heavy (non-hydrogen) atoms. The van der Waals surface area contributed by atoms with Crippen molar-refractivity contribution in [2.24, 2.45) is 5.10 Å². The zero-order valence-electron chi connectivity index (χ0n) is 19.2. The molecule has 2 heterocycles. The van der Waals surface area contributed by atoms with Gasteiger partial charge in [0.15, 0.2) is 5.16 Å². The molecule has 178 valence electrons. The minimum absolute atomic E-state index is 0.0574. The van der Waals surface area contributed by atoms with Crippen molar-refractivity contribution in [2.75, 3.05) is 5.75 Å². The standard InChI is InChI=1S/C26H24N4O3S2/c1-16-6-10-18(11-7-16)30-25(33)23-20-4-2-3-5-21(20)35-24(23)28-26(30)34-15-22(32)29-27-14-17-8-12-19(31)13-9-17/h6-14,31H,2-5,15H2,1H3,(H,29,32)/b27-14+. The normalized spacial score (nSPS) is 13.3. The highest BCUT2D eigenvalue weighted by molar-refractivity contribution is 7.99. The molecule has 1 aliphatic carbocycles. The Morgan fingerprint density at radius 2 is 1.91 bits per heavy atom. The number of phenolic OH excluding ortho intramolecular Hbond substituents is 1. The van der Waals surface area contributed by atoms with Crippen LogP contribution in [-0.2, 0) is 17.6 Å². The van der Waals surface area contributed by atoms with E-state index in [-0.39, 0.29) is 23.0 Å². The second-order valence-corrected chi connectivity index (χ2v) is 10.5. The summed E-state index contributed by atoms with van der Waals surface area (Å²) in [7, 11) is 0. The molecule has 0 fully saturated rings. The molecule has 9 heteroatoms. The van der Waals surface area contributed by atoms with Crippen LogP contribution in [0, 0.1) is 6.92 Å². The molecule has 0 aliphatic heterocycles. The Labute approximate surface area is 210 Å². The van der Waals surface area contributed by atoms with E-state index in [9.17, 15) is 14.7 Å². The summed E-state index contributed by atoms with van der Waals surface area (Å²) in [4.78, 5) is 33.1. The Bertz CT molecular complexity index is 1470. The maximum atomic E-state index is 13.7. The van der Waals surface area contributed by atoms with Gasteiger partial charge in [-0.2, -0.15) is 5.10 Å². The fourth-order valence-corrected chi connectivity index (χ4v) is 6.21. The van der Waals surface area contributed by atoms with Crippen LogP contribution in [0.4, 0.5) is 0 Å². The van der Waals surface area contributed by atoms with Crippen LogP contribution >= 0.6 is 23.1 Å². The van der Waals surface area contributed by atoms with Crippen molar-refractivity contribution < 1.29 is 9.90 Å². The van der Waals surface area contributed by atoms with Crippen LogP contribution in [0.3, 0.4) is 0 Å². The first kappa shape index (κ1) is 23.3. The van der Waals surface area contributed by atoms with Crippen LogP contribution in [0.15, 0.2) is 63.6 Å². The summed E-state index contributed by atoms with van der Waals surface area (Å²) < 4.78 is 1.63. The Morgan fingerprint density at radius 1 is 1.17 bits per heavy atom. The number of thioether (sulfide) groups is 1. The molecule has 2 aromatic carbocycles. The topological polar surface area (TPSA) is 96.6 Å². The van der Waals surface area contributed by atoms with Crippen LogP contribution in [0.25, 0.3) is 15.9 Å². The van der Waals surface area contributed by atoms with E-state index in [0.717, 1.165) is 58.3 Å². The van der Waals surface area contributed by atoms with Crippen molar-refractivity contribution >= 4 is 45.4 Å². The van der Waals surface area contributed by atoms with E-state index in [4.69, 9.17) is 4.98 Å². The number of nitrogens with zero attached hydrogens (tertiary/aromatic N) is 3. The van der Waals surface area contributed by atoms with Gasteiger partial charge in [0.05, 0.1) is 23.0 Å². The number of benzene rings is 2. The molecule has 7 nitrogen and oxygen atoms in total. The number of hydrazone groups is 1. The van der Waals surface area contributed by atoms with E-state index < -0.39 is 0 Å². The van der Waals surface area contributed by atoms with Gasteiger partial charge in [0.1, 0.15) is 10.6 Å². The highest BCUT2D eigenvalue weighted by Crippen LogP contribution is 2.35. The lowest BCUT2D eigenvalue weighted by Gasteiger charge is -2.13. The molecule has 0 saturated heterocycles. The molecular formula is C26H24N4O3S2. The fraction of sp³-hybridized carbons (Fsp3) is 0.231. The molecular weight excluding hydrogens is 480 g/mol. The van der Waals surface area contributed by atoms with E-state index in [2.05, 4.69) is 10.5 Å². The number of aryl methyl sites for hydroxylation is 3. The number of carbonyl (C=O) groups is 1. The maximum absolute atomic E-state index is 13.7. The van der Waals surface area contributed by atoms with Crippen molar-refractivity contribution in [2.45, 2.75) is 37.8 Å². The lowest BCUT2D eigenvalue weighted by atomic mass is 9.97. The van der Waals surface area contributed by atoms with Crippen LogP contribution < -0.4 is 11.0 Å². The summed E-state index contributed by atoms with van der Waals surface area (Å²) in [5.74, 6) is -0.0829. The predicted molar refractivity (Wildman–Crippen MR) is 141 cm³/mol. The molecule has 5 rings (SSSR count). The summed E-state index contributed by atoms with van der Waals surface area (Å²) in [5, 5.41) is 14.5. The summed E-state index contributed by atoms with van der Waals surface area (Å²) in [5.41, 5.74) is 6.16. The molecule has 1 amide bonds.